The molecule has 0 bridgehead atoms. The first-order chi connectivity index (χ1) is 8.42. The highest BCUT2D eigenvalue weighted by Gasteiger charge is 2.18. The summed E-state index contributed by atoms with van der Waals surface area (Å²) in [7, 11) is -0.220. The van der Waals surface area contributed by atoms with E-state index < -0.39 is 10.0 Å². The zero-order valence-corrected chi connectivity index (χ0v) is 11.8. The number of methoxy groups -OCH3 is 1. The number of sulfonamides is 1. The Hall–Kier alpha value is -1.43. The lowest BCUT2D eigenvalue weighted by Crippen LogP contribution is -2.29. The first-order valence-electron chi connectivity index (χ1n) is 5.82. The number of anilines is 2. The van der Waals surface area contributed by atoms with Crippen molar-refractivity contribution in [2.75, 3.05) is 29.9 Å². The van der Waals surface area contributed by atoms with Crippen LogP contribution in [-0.4, -0.2) is 28.3 Å². The second-order valence-corrected chi connectivity index (χ2v) is 6.18. The van der Waals surface area contributed by atoms with Crippen LogP contribution in [0.15, 0.2) is 18.2 Å². The maximum absolute atomic E-state index is 12.0. The fourth-order valence-electron chi connectivity index (χ4n) is 1.54. The topological polar surface area (TPSA) is 72.6 Å². The molecule has 0 unspecified atom stereocenters. The zero-order valence-electron chi connectivity index (χ0n) is 11.0. The first kappa shape index (κ1) is 14.6. The average molecular weight is 272 g/mol. The minimum Gasteiger partial charge on any atom is -0.495 e. The normalized spacial score (nSPS) is 11.3. The molecule has 5 nitrogen and oxygen atoms in total. The van der Waals surface area contributed by atoms with Crippen LogP contribution in [-0.2, 0) is 10.0 Å². The number of nitrogens with zero attached hydrogens (tertiary/aromatic N) is 1. The molecular formula is C12H20N2O3S. The van der Waals surface area contributed by atoms with Gasteiger partial charge < -0.3 is 10.5 Å². The summed E-state index contributed by atoms with van der Waals surface area (Å²) in [6.07, 6.45) is 1.50. The standard InChI is InChI=1S/C12H20N2O3S/c1-4-5-8-18(15,16)14(2)10-6-7-12(17-3)11(13)9-10/h6-7,9H,4-5,8,13H2,1-3H3. The summed E-state index contributed by atoms with van der Waals surface area (Å²) in [5, 5.41) is 0. The van der Waals surface area contributed by atoms with E-state index in [1.54, 1.807) is 18.2 Å². The van der Waals surface area contributed by atoms with Crippen molar-refractivity contribution in [1.82, 2.24) is 0 Å². The molecule has 6 heteroatoms. The van der Waals surface area contributed by atoms with Crippen molar-refractivity contribution >= 4 is 21.4 Å². The van der Waals surface area contributed by atoms with Gasteiger partial charge in [0.2, 0.25) is 10.0 Å². The smallest absolute Gasteiger partial charge is 0.234 e. The molecule has 0 heterocycles. The molecule has 0 aliphatic heterocycles. The molecule has 0 atom stereocenters. The number of unbranched alkanes of at least 4 members (excludes halogenated alkanes) is 1. The van der Waals surface area contributed by atoms with E-state index in [2.05, 4.69) is 0 Å². The van der Waals surface area contributed by atoms with Gasteiger partial charge in [0.15, 0.2) is 0 Å². The van der Waals surface area contributed by atoms with Gasteiger partial charge >= 0.3 is 0 Å². The molecule has 2 N–H and O–H groups in total. The monoisotopic (exact) mass is 272 g/mol. The van der Waals surface area contributed by atoms with E-state index in [0.29, 0.717) is 23.5 Å². The summed E-state index contributed by atoms with van der Waals surface area (Å²) in [4.78, 5) is 0. The maximum Gasteiger partial charge on any atom is 0.234 e. The van der Waals surface area contributed by atoms with Gasteiger partial charge in [-0.15, -0.1) is 0 Å². The quantitative estimate of drug-likeness (QED) is 0.802. The fourth-order valence-corrected chi connectivity index (χ4v) is 2.90. The summed E-state index contributed by atoms with van der Waals surface area (Å²) in [6.45, 7) is 1.96. The van der Waals surface area contributed by atoms with Crippen molar-refractivity contribution in [3.8, 4) is 5.75 Å². The average Bonchev–Trinajstić information content (AvgIpc) is 2.35. The Bertz CT molecular complexity index is 500. The van der Waals surface area contributed by atoms with E-state index in [0.717, 1.165) is 6.42 Å². The maximum atomic E-state index is 12.0. The van der Waals surface area contributed by atoms with E-state index in [1.165, 1.54) is 18.5 Å². The van der Waals surface area contributed by atoms with Crippen molar-refractivity contribution in [3.63, 3.8) is 0 Å². The van der Waals surface area contributed by atoms with Gasteiger partial charge in [0.1, 0.15) is 5.75 Å². The van der Waals surface area contributed by atoms with Crippen LogP contribution in [0.4, 0.5) is 11.4 Å². The van der Waals surface area contributed by atoms with Crippen LogP contribution in [0.5, 0.6) is 5.75 Å². The van der Waals surface area contributed by atoms with Crippen LogP contribution in [0.2, 0.25) is 0 Å². The molecular weight excluding hydrogens is 252 g/mol. The van der Waals surface area contributed by atoms with E-state index in [-0.39, 0.29) is 5.75 Å². The molecule has 18 heavy (non-hydrogen) atoms. The molecule has 0 fully saturated rings. The van der Waals surface area contributed by atoms with Gasteiger partial charge in [-0.05, 0) is 24.6 Å². The molecule has 1 aromatic carbocycles. The number of nitrogens with two attached hydrogens (primary N) is 1. The summed E-state index contributed by atoms with van der Waals surface area (Å²) in [5.74, 6) is 0.685. The Kier molecular flexibility index (Phi) is 4.84. The number of hydrogen-bond acceptors (Lipinski definition) is 4. The van der Waals surface area contributed by atoms with E-state index in [1.807, 2.05) is 6.92 Å². The second kappa shape index (κ2) is 5.95. The number of benzene rings is 1. The Balaban J connectivity index is 2.97. The summed E-state index contributed by atoms with van der Waals surface area (Å²) in [5.41, 5.74) is 6.74. The van der Waals surface area contributed by atoms with Gasteiger partial charge in [0, 0.05) is 7.05 Å². The molecule has 102 valence electrons. The second-order valence-electron chi connectivity index (χ2n) is 4.06. The zero-order chi connectivity index (χ0) is 13.8. The van der Waals surface area contributed by atoms with Crippen LogP contribution in [0.3, 0.4) is 0 Å². The SMILES string of the molecule is CCCCS(=O)(=O)N(C)c1ccc(OC)c(N)c1. The summed E-state index contributed by atoms with van der Waals surface area (Å²) in [6, 6.07) is 4.94. The molecule has 0 saturated heterocycles. The summed E-state index contributed by atoms with van der Waals surface area (Å²) >= 11 is 0. The van der Waals surface area contributed by atoms with Crippen LogP contribution < -0.4 is 14.8 Å². The predicted octanol–water partition coefficient (Wildman–Crippen LogP) is 1.84. The van der Waals surface area contributed by atoms with E-state index in [4.69, 9.17) is 10.5 Å². The van der Waals surface area contributed by atoms with Gasteiger partial charge in [-0.2, -0.15) is 0 Å². The highest BCUT2D eigenvalue weighted by molar-refractivity contribution is 7.92. The largest absolute Gasteiger partial charge is 0.495 e. The minimum absolute atomic E-state index is 0.145. The molecule has 0 amide bonds. The highest BCUT2D eigenvalue weighted by Crippen LogP contribution is 2.27. The van der Waals surface area contributed by atoms with E-state index in [9.17, 15) is 8.42 Å². The molecule has 1 rings (SSSR count). The Labute approximate surface area is 109 Å². The molecule has 0 saturated carbocycles. The Morgan fingerprint density at radius 2 is 2.06 bits per heavy atom. The number of nitrogen functional groups attached to an aromatic ring is 1. The third-order valence-electron chi connectivity index (χ3n) is 2.75. The van der Waals surface area contributed by atoms with Crippen LogP contribution in [0.1, 0.15) is 19.8 Å². The molecule has 0 radical (unpaired) electrons. The lowest BCUT2D eigenvalue weighted by Gasteiger charge is -2.20. The fraction of sp³-hybridized carbons (Fsp3) is 0.500. The van der Waals surface area contributed by atoms with Crippen molar-refractivity contribution in [3.05, 3.63) is 18.2 Å². The van der Waals surface area contributed by atoms with Crippen molar-refractivity contribution in [2.45, 2.75) is 19.8 Å². The third-order valence-corrected chi connectivity index (χ3v) is 4.60. The van der Waals surface area contributed by atoms with E-state index >= 15 is 0 Å². The van der Waals surface area contributed by atoms with Gasteiger partial charge in [0.05, 0.1) is 24.2 Å². The van der Waals surface area contributed by atoms with Crippen LogP contribution in [0.25, 0.3) is 0 Å². The predicted molar refractivity (Wildman–Crippen MR) is 74.5 cm³/mol. The first-order valence-corrected chi connectivity index (χ1v) is 7.43. The minimum atomic E-state index is -3.27. The number of ether oxygens (including phenoxy) is 1. The molecule has 0 aliphatic rings. The number of rotatable bonds is 6. The lowest BCUT2D eigenvalue weighted by atomic mass is 10.2. The van der Waals surface area contributed by atoms with Gasteiger partial charge in [-0.3, -0.25) is 4.31 Å². The van der Waals surface area contributed by atoms with Crippen molar-refractivity contribution in [2.24, 2.45) is 0 Å². The molecule has 0 aromatic heterocycles. The molecule has 0 aliphatic carbocycles. The van der Waals surface area contributed by atoms with Gasteiger partial charge in [-0.25, -0.2) is 8.42 Å². The van der Waals surface area contributed by atoms with Gasteiger partial charge in [-0.1, -0.05) is 13.3 Å². The molecule has 1 aromatic rings. The molecule has 0 spiro atoms. The van der Waals surface area contributed by atoms with Crippen molar-refractivity contribution in [1.29, 1.82) is 0 Å². The Morgan fingerprint density at radius 1 is 1.39 bits per heavy atom. The Morgan fingerprint density at radius 3 is 2.56 bits per heavy atom. The van der Waals surface area contributed by atoms with Crippen LogP contribution in [0, 0.1) is 0 Å². The van der Waals surface area contributed by atoms with Crippen molar-refractivity contribution < 1.29 is 13.2 Å². The lowest BCUT2D eigenvalue weighted by molar-refractivity contribution is 0.417. The van der Waals surface area contributed by atoms with Crippen LogP contribution >= 0.6 is 0 Å². The highest BCUT2D eigenvalue weighted by atomic mass is 32.2. The summed E-state index contributed by atoms with van der Waals surface area (Å²) < 4.78 is 30.3. The van der Waals surface area contributed by atoms with Gasteiger partial charge in [0.25, 0.3) is 0 Å². The third kappa shape index (κ3) is 3.29. The number of hydrogen-bond donors (Lipinski definition) is 1.